The predicted molar refractivity (Wildman–Crippen MR) is 61.2 cm³/mol. The molecule has 1 aliphatic carbocycles. The van der Waals surface area contributed by atoms with Crippen LogP contribution in [0.5, 0.6) is 0 Å². The van der Waals surface area contributed by atoms with Gasteiger partial charge in [0.2, 0.25) is 0 Å². The van der Waals surface area contributed by atoms with Crippen molar-refractivity contribution in [2.75, 3.05) is 13.1 Å². The summed E-state index contributed by atoms with van der Waals surface area (Å²) in [7, 11) is 0. The first-order chi connectivity index (χ1) is 7.74. The van der Waals surface area contributed by atoms with Gasteiger partial charge in [-0.1, -0.05) is 0 Å². The zero-order valence-corrected chi connectivity index (χ0v) is 9.77. The van der Waals surface area contributed by atoms with E-state index in [1.165, 1.54) is 38.8 Å². The Balaban J connectivity index is 1.61. The lowest BCUT2D eigenvalue weighted by molar-refractivity contribution is -0.137. The highest BCUT2D eigenvalue weighted by atomic mass is 16.4. The quantitative estimate of drug-likeness (QED) is 0.795. The zero-order valence-electron chi connectivity index (χ0n) is 9.77. The molecule has 90 valence electrons. The van der Waals surface area contributed by atoms with Crippen LogP contribution < -0.4 is 0 Å². The molecular formula is C13H21NO2. The Kier molecular flexibility index (Phi) is 2.66. The number of carboxylic acid groups (broad SMARTS) is 1. The third kappa shape index (κ3) is 1.75. The van der Waals surface area contributed by atoms with Crippen LogP contribution in [0.15, 0.2) is 0 Å². The molecule has 0 radical (unpaired) electrons. The smallest absolute Gasteiger partial charge is 0.303 e. The van der Waals surface area contributed by atoms with E-state index in [-0.39, 0.29) is 0 Å². The van der Waals surface area contributed by atoms with Crippen LogP contribution in [0, 0.1) is 17.8 Å². The number of nitrogens with zero attached hydrogens (tertiary/aromatic N) is 1. The molecule has 0 spiro atoms. The van der Waals surface area contributed by atoms with Crippen LogP contribution in [0.25, 0.3) is 0 Å². The minimum atomic E-state index is -0.627. The van der Waals surface area contributed by atoms with Crippen molar-refractivity contribution in [1.29, 1.82) is 0 Å². The maximum absolute atomic E-state index is 10.6. The van der Waals surface area contributed by atoms with Gasteiger partial charge in [0.25, 0.3) is 0 Å². The van der Waals surface area contributed by atoms with Gasteiger partial charge in [0, 0.05) is 12.5 Å². The second-order valence-electron chi connectivity index (χ2n) is 5.87. The number of hydrogen-bond donors (Lipinski definition) is 1. The summed E-state index contributed by atoms with van der Waals surface area (Å²) in [5.41, 5.74) is 0. The Hall–Kier alpha value is -0.570. The third-order valence-electron chi connectivity index (χ3n) is 5.09. The van der Waals surface area contributed by atoms with Crippen LogP contribution in [-0.4, -0.2) is 35.1 Å². The van der Waals surface area contributed by atoms with Crippen molar-refractivity contribution in [3.05, 3.63) is 0 Å². The summed E-state index contributed by atoms with van der Waals surface area (Å²) in [6, 6.07) is 0.811. The van der Waals surface area contributed by atoms with E-state index in [0.29, 0.717) is 12.3 Å². The molecule has 3 aliphatic heterocycles. The van der Waals surface area contributed by atoms with Crippen molar-refractivity contribution in [3.8, 4) is 0 Å². The average Bonchev–Trinajstić information content (AvgIpc) is 2.73. The fourth-order valence-corrected chi connectivity index (χ4v) is 4.32. The fraction of sp³-hybridized carbons (Fsp3) is 0.923. The number of aliphatic carboxylic acids is 1. The number of rotatable bonds is 3. The van der Waals surface area contributed by atoms with Gasteiger partial charge in [-0.15, -0.1) is 0 Å². The van der Waals surface area contributed by atoms with Gasteiger partial charge in [0.05, 0.1) is 0 Å². The molecule has 1 N–H and O–H groups in total. The van der Waals surface area contributed by atoms with Crippen LogP contribution >= 0.6 is 0 Å². The molecule has 3 heterocycles. The molecule has 4 rings (SSSR count). The molecule has 2 bridgehead atoms. The summed E-state index contributed by atoms with van der Waals surface area (Å²) in [6.07, 6.45) is 6.64. The monoisotopic (exact) mass is 223 g/mol. The van der Waals surface area contributed by atoms with Gasteiger partial charge in [0.1, 0.15) is 0 Å². The summed E-state index contributed by atoms with van der Waals surface area (Å²) < 4.78 is 0. The molecule has 3 unspecified atom stereocenters. The molecule has 3 saturated heterocycles. The van der Waals surface area contributed by atoms with Gasteiger partial charge in [-0.05, 0) is 62.9 Å². The summed E-state index contributed by atoms with van der Waals surface area (Å²) in [5, 5.41) is 8.74. The lowest BCUT2D eigenvalue weighted by Crippen LogP contribution is -2.52. The summed E-state index contributed by atoms with van der Waals surface area (Å²) in [5.74, 6) is 1.93. The number of hydrogen-bond acceptors (Lipinski definition) is 2. The number of carbonyl (C=O) groups is 1. The highest BCUT2D eigenvalue weighted by Crippen LogP contribution is 2.48. The first-order valence-electron chi connectivity index (χ1n) is 6.70. The Morgan fingerprint density at radius 2 is 2.00 bits per heavy atom. The van der Waals surface area contributed by atoms with Crippen LogP contribution in [0.1, 0.15) is 38.5 Å². The van der Waals surface area contributed by atoms with Crippen molar-refractivity contribution < 1.29 is 9.90 Å². The fourth-order valence-electron chi connectivity index (χ4n) is 4.32. The molecule has 0 aromatic rings. The van der Waals surface area contributed by atoms with Crippen molar-refractivity contribution in [3.63, 3.8) is 0 Å². The largest absolute Gasteiger partial charge is 0.481 e. The van der Waals surface area contributed by atoms with Crippen molar-refractivity contribution >= 4 is 5.97 Å². The second-order valence-corrected chi connectivity index (χ2v) is 5.87. The maximum atomic E-state index is 10.6. The van der Waals surface area contributed by atoms with Crippen LogP contribution in [0.3, 0.4) is 0 Å². The lowest BCUT2D eigenvalue weighted by Gasteiger charge is -2.48. The summed E-state index contributed by atoms with van der Waals surface area (Å²) in [4.78, 5) is 13.3. The minimum Gasteiger partial charge on any atom is -0.481 e. The minimum absolute atomic E-state index is 0.370. The lowest BCUT2D eigenvalue weighted by atomic mass is 9.75. The van der Waals surface area contributed by atoms with E-state index in [2.05, 4.69) is 4.90 Å². The second kappa shape index (κ2) is 4.02. The van der Waals surface area contributed by atoms with Gasteiger partial charge in [-0.25, -0.2) is 0 Å². The van der Waals surface area contributed by atoms with Gasteiger partial charge in [0.15, 0.2) is 0 Å². The molecule has 1 saturated carbocycles. The van der Waals surface area contributed by atoms with Crippen molar-refractivity contribution in [2.24, 2.45) is 17.8 Å². The first-order valence-corrected chi connectivity index (χ1v) is 6.70. The summed E-state index contributed by atoms with van der Waals surface area (Å²) >= 11 is 0. The van der Waals surface area contributed by atoms with E-state index < -0.39 is 5.97 Å². The van der Waals surface area contributed by atoms with Gasteiger partial charge < -0.3 is 10.0 Å². The molecule has 3 atom stereocenters. The summed E-state index contributed by atoms with van der Waals surface area (Å²) in [6.45, 7) is 2.61. The first kappa shape index (κ1) is 10.6. The van der Waals surface area contributed by atoms with E-state index in [0.717, 1.165) is 24.3 Å². The molecule has 0 amide bonds. The number of carboxylic acids is 1. The predicted octanol–water partition coefficient (Wildman–Crippen LogP) is 1.97. The molecule has 0 aromatic carbocycles. The molecule has 3 nitrogen and oxygen atoms in total. The number of piperidine rings is 3. The molecule has 0 aromatic heterocycles. The number of fused-ring (bicyclic) bond motifs is 2. The standard InChI is InChI=1S/C13H21NO2/c15-13(16)2-1-9-7-11-10-3-5-14(6-4-10)12(11)8-9/h9-12H,1-8H2,(H,15,16). The van der Waals surface area contributed by atoms with Crippen LogP contribution in [0.4, 0.5) is 0 Å². The van der Waals surface area contributed by atoms with E-state index in [1.54, 1.807) is 0 Å². The van der Waals surface area contributed by atoms with Crippen LogP contribution in [0.2, 0.25) is 0 Å². The van der Waals surface area contributed by atoms with Crippen molar-refractivity contribution in [1.82, 2.24) is 4.90 Å². The molecular weight excluding hydrogens is 202 g/mol. The van der Waals surface area contributed by atoms with Crippen LogP contribution in [-0.2, 0) is 4.79 Å². The van der Waals surface area contributed by atoms with E-state index in [9.17, 15) is 4.79 Å². The maximum Gasteiger partial charge on any atom is 0.303 e. The molecule has 4 fully saturated rings. The molecule has 16 heavy (non-hydrogen) atoms. The Morgan fingerprint density at radius 3 is 2.62 bits per heavy atom. The normalized spacial score (nSPS) is 45.6. The third-order valence-corrected chi connectivity index (χ3v) is 5.09. The van der Waals surface area contributed by atoms with E-state index in [1.807, 2.05) is 0 Å². The van der Waals surface area contributed by atoms with Crippen molar-refractivity contribution in [2.45, 2.75) is 44.6 Å². The van der Waals surface area contributed by atoms with Gasteiger partial charge in [-0.3, -0.25) is 4.79 Å². The SMILES string of the molecule is O=C(O)CCC1CC2C3CCN(CC3)C2C1. The average molecular weight is 223 g/mol. The van der Waals surface area contributed by atoms with Gasteiger partial charge in [-0.2, -0.15) is 0 Å². The highest BCUT2D eigenvalue weighted by Gasteiger charge is 2.47. The molecule has 3 heteroatoms. The Bertz CT molecular complexity index is 264. The van der Waals surface area contributed by atoms with E-state index >= 15 is 0 Å². The Labute approximate surface area is 96.8 Å². The zero-order chi connectivity index (χ0) is 11.1. The topological polar surface area (TPSA) is 40.5 Å². The Morgan fingerprint density at radius 1 is 1.25 bits per heavy atom. The highest BCUT2D eigenvalue weighted by molar-refractivity contribution is 5.66. The van der Waals surface area contributed by atoms with E-state index in [4.69, 9.17) is 5.11 Å². The van der Waals surface area contributed by atoms with Gasteiger partial charge >= 0.3 is 5.97 Å². The molecule has 4 aliphatic rings.